The molecule has 34 heavy (non-hydrogen) atoms. The molecule has 4 rings (SSSR count). The molecule has 0 amide bonds. The predicted molar refractivity (Wildman–Crippen MR) is 133 cm³/mol. The lowest BCUT2D eigenvalue weighted by Crippen LogP contribution is -2.48. The third-order valence-corrected chi connectivity index (χ3v) is 6.21. The van der Waals surface area contributed by atoms with Gasteiger partial charge in [0.15, 0.2) is 5.69 Å². The second-order valence-electron chi connectivity index (χ2n) is 8.55. The Bertz CT molecular complexity index is 1150. The fraction of sp³-hybridized carbons (Fsp3) is 0.296. The van der Waals surface area contributed by atoms with E-state index in [-0.39, 0.29) is 18.5 Å². The lowest BCUT2D eigenvalue weighted by molar-refractivity contribution is 0.123. The lowest BCUT2D eigenvalue weighted by Gasteiger charge is -2.43. The van der Waals surface area contributed by atoms with Gasteiger partial charge in [0.25, 0.3) is 0 Å². The Hall–Kier alpha value is -3.11. The van der Waals surface area contributed by atoms with E-state index in [0.717, 1.165) is 43.0 Å². The highest BCUT2D eigenvalue weighted by atomic mass is 35.5. The summed E-state index contributed by atoms with van der Waals surface area (Å²) < 4.78 is 19.2. The normalized spacial score (nSPS) is 17.3. The van der Waals surface area contributed by atoms with Crippen molar-refractivity contribution in [3.8, 4) is 5.75 Å². The van der Waals surface area contributed by atoms with Crippen molar-refractivity contribution in [1.82, 2.24) is 4.90 Å². The van der Waals surface area contributed by atoms with Gasteiger partial charge in [-0.05, 0) is 42.3 Å². The van der Waals surface area contributed by atoms with Crippen molar-refractivity contribution in [2.45, 2.75) is 25.6 Å². The first-order valence-corrected chi connectivity index (χ1v) is 11.6. The van der Waals surface area contributed by atoms with Crippen LogP contribution < -0.4 is 9.64 Å². The Morgan fingerprint density at radius 3 is 2.50 bits per heavy atom. The highest BCUT2D eigenvalue weighted by Crippen LogP contribution is 2.37. The number of anilines is 1. The monoisotopic (exact) mass is 479 g/mol. The van der Waals surface area contributed by atoms with Gasteiger partial charge in [-0.3, -0.25) is 4.90 Å². The van der Waals surface area contributed by atoms with E-state index in [1.54, 1.807) is 13.0 Å². The van der Waals surface area contributed by atoms with E-state index in [0.29, 0.717) is 16.5 Å². The Labute approximate surface area is 204 Å². The standard InChI is InChI=1S/C27H27ClFN3O2/c1-19(33)18-34-24-11-12-26(25(28)15-24)32-14-13-31(16-20-3-9-23(30-2)10-4-20)17-27(32)21-5-7-22(29)8-6-21/h3-12,15,19,27,33H,13-14,16-18H2,1H3/t19-,27+/m1/s1. The minimum atomic E-state index is -0.563. The number of nitrogens with zero attached hydrogens (tertiary/aromatic N) is 3. The number of rotatable bonds is 7. The first-order valence-electron chi connectivity index (χ1n) is 11.2. The molecule has 1 saturated heterocycles. The number of ether oxygens (including phenoxy) is 1. The Balaban J connectivity index is 1.57. The van der Waals surface area contributed by atoms with Gasteiger partial charge in [0.05, 0.1) is 29.4 Å². The second kappa shape index (κ2) is 10.9. The quantitative estimate of drug-likeness (QED) is 0.431. The molecule has 1 fully saturated rings. The molecule has 3 aromatic rings. The van der Waals surface area contributed by atoms with Crippen LogP contribution in [0.25, 0.3) is 4.85 Å². The molecule has 0 radical (unpaired) electrons. The number of aliphatic hydroxyl groups excluding tert-OH is 1. The van der Waals surface area contributed by atoms with Crippen LogP contribution in [0.15, 0.2) is 66.7 Å². The maximum atomic E-state index is 13.6. The highest BCUT2D eigenvalue weighted by molar-refractivity contribution is 6.33. The molecular weight excluding hydrogens is 453 g/mol. The predicted octanol–water partition coefficient (Wildman–Crippen LogP) is 5.85. The van der Waals surface area contributed by atoms with E-state index >= 15 is 0 Å². The lowest BCUT2D eigenvalue weighted by atomic mass is 10.0. The molecule has 0 aliphatic carbocycles. The van der Waals surface area contributed by atoms with Crippen molar-refractivity contribution in [2.24, 2.45) is 0 Å². The molecule has 0 aromatic heterocycles. The number of piperazine rings is 1. The topological polar surface area (TPSA) is 40.3 Å². The van der Waals surface area contributed by atoms with Crippen molar-refractivity contribution in [2.75, 3.05) is 31.1 Å². The summed E-state index contributed by atoms with van der Waals surface area (Å²) in [5, 5.41) is 10.0. The summed E-state index contributed by atoms with van der Waals surface area (Å²) >= 11 is 6.67. The number of halogens is 2. The smallest absolute Gasteiger partial charge is 0.187 e. The van der Waals surface area contributed by atoms with Gasteiger partial charge >= 0.3 is 0 Å². The number of hydrogen-bond donors (Lipinski definition) is 1. The SMILES string of the molecule is [C-]#[N+]c1ccc(CN2CCN(c3ccc(OC[C@@H](C)O)cc3Cl)[C@H](c3ccc(F)cc3)C2)cc1. The fourth-order valence-electron chi connectivity index (χ4n) is 4.20. The van der Waals surface area contributed by atoms with Gasteiger partial charge in [0.1, 0.15) is 18.2 Å². The summed E-state index contributed by atoms with van der Waals surface area (Å²) in [5.41, 5.74) is 3.69. The summed E-state index contributed by atoms with van der Waals surface area (Å²) in [5.74, 6) is 0.343. The largest absolute Gasteiger partial charge is 0.491 e. The van der Waals surface area contributed by atoms with Crippen LogP contribution in [0.5, 0.6) is 5.75 Å². The van der Waals surface area contributed by atoms with E-state index in [1.807, 2.05) is 48.5 Å². The van der Waals surface area contributed by atoms with E-state index in [1.165, 1.54) is 12.1 Å². The van der Waals surface area contributed by atoms with Crippen LogP contribution >= 0.6 is 11.6 Å². The van der Waals surface area contributed by atoms with Crippen molar-refractivity contribution < 1.29 is 14.2 Å². The van der Waals surface area contributed by atoms with Crippen LogP contribution in [0.2, 0.25) is 5.02 Å². The molecule has 176 valence electrons. The first-order chi connectivity index (χ1) is 16.4. The van der Waals surface area contributed by atoms with Gasteiger partial charge in [0.2, 0.25) is 0 Å². The number of hydrogen-bond acceptors (Lipinski definition) is 4. The summed E-state index contributed by atoms with van der Waals surface area (Å²) in [7, 11) is 0. The molecular formula is C27H27ClFN3O2. The summed E-state index contributed by atoms with van der Waals surface area (Å²) in [6.07, 6.45) is -0.563. The molecule has 3 aromatic carbocycles. The molecule has 0 bridgehead atoms. The zero-order valence-electron chi connectivity index (χ0n) is 19.0. The van der Waals surface area contributed by atoms with Crippen molar-refractivity contribution >= 4 is 23.0 Å². The average Bonchev–Trinajstić information content (AvgIpc) is 2.84. The second-order valence-corrected chi connectivity index (χ2v) is 8.95. The number of aliphatic hydroxyl groups is 1. The van der Waals surface area contributed by atoms with Gasteiger partial charge in [-0.2, -0.15) is 0 Å². The average molecular weight is 480 g/mol. The van der Waals surface area contributed by atoms with E-state index in [4.69, 9.17) is 22.9 Å². The van der Waals surface area contributed by atoms with Crippen LogP contribution in [0, 0.1) is 12.4 Å². The van der Waals surface area contributed by atoms with Crippen LogP contribution in [0.3, 0.4) is 0 Å². The summed E-state index contributed by atoms with van der Waals surface area (Å²) in [6, 6.07) is 19.9. The molecule has 0 spiro atoms. The molecule has 1 heterocycles. The van der Waals surface area contributed by atoms with Crippen LogP contribution in [-0.2, 0) is 6.54 Å². The maximum absolute atomic E-state index is 13.6. The highest BCUT2D eigenvalue weighted by Gasteiger charge is 2.30. The van der Waals surface area contributed by atoms with Crippen LogP contribution in [0.4, 0.5) is 15.8 Å². The minimum Gasteiger partial charge on any atom is -0.491 e. The van der Waals surface area contributed by atoms with E-state index < -0.39 is 6.10 Å². The first kappa shape index (κ1) is 24.0. The Kier molecular flexibility index (Phi) is 7.69. The molecule has 0 saturated carbocycles. The van der Waals surface area contributed by atoms with Gasteiger partial charge < -0.3 is 14.7 Å². The summed E-state index contributed by atoms with van der Waals surface area (Å²) in [6.45, 7) is 12.1. The minimum absolute atomic E-state index is 0.0152. The van der Waals surface area contributed by atoms with E-state index in [2.05, 4.69) is 14.6 Å². The third kappa shape index (κ3) is 5.87. The molecule has 0 unspecified atom stereocenters. The van der Waals surface area contributed by atoms with E-state index in [9.17, 15) is 9.50 Å². The molecule has 2 atom stereocenters. The van der Waals surface area contributed by atoms with Crippen molar-refractivity contribution in [3.63, 3.8) is 0 Å². The molecule has 1 aliphatic heterocycles. The third-order valence-electron chi connectivity index (χ3n) is 5.91. The number of benzene rings is 3. The molecule has 7 heteroatoms. The maximum Gasteiger partial charge on any atom is 0.187 e. The zero-order valence-corrected chi connectivity index (χ0v) is 19.8. The molecule has 5 nitrogen and oxygen atoms in total. The summed E-state index contributed by atoms with van der Waals surface area (Å²) in [4.78, 5) is 8.08. The van der Waals surface area contributed by atoms with Crippen molar-refractivity contribution in [1.29, 1.82) is 0 Å². The van der Waals surface area contributed by atoms with Gasteiger partial charge in [-0.1, -0.05) is 48.0 Å². The van der Waals surface area contributed by atoms with Gasteiger partial charge in [0, 0.05) is 32.2 Å². The van der Waals surface area contributed by atoms with Crippen LogP contribution in [-0.4, -0.2) is 42.4 Å². The van der Waals surface area contributed by atoms with Crippen LogP contribution in [0.1, 0.15) is 24.1 Å². The van der Waals surface area contributed by atoms with Gasteiger partial charge in [-0.25, -0.2) is 9.24 Å². The molecule has 1 aliphatic rings. The fourth-order valence-corrected chi connectivity index (χ4v) is 4.48. The molecule has 1 N–H and O–H groups in total. The van der Waals surface area contributed by atoms with Crippen molar-refractivity contribution in [3.05, 3.63) is 100 Å². The Morgan fingerprint density at radius 2 is 1.85 bits per heavy atom. The van der Waals surface area contributed by atoms with Gasteiger partial charge in [-0.15, -0.1) is 0 Å². The zero-order chi connectivity index (χ0) is 24.1. The Morgan fingerprint density at radius 1 is 1.12 bits per heavy atom.